The largest absolute Gasteiger partial charge is 0.380 e. The lowest BCUT2D eigenvalue weighted by Gasteiger charge is -2.26. The van der Waals surface area contributed by atoms with Gasteiger partial charge in [0.1, 0.15) is 11.6 Å². The fourth-order valence-corrected chi connectivity index (χ4v) is 3.41. The van der Waals surface area contributed by atoms with E-state index >= 15 is 0 Å². The molecule has 0 saturated carbocycles. The first-order chi connectivity index (χ1) is 11.2. The first kappa shape index (κ1) is 14.2. The van der Waals surface area contributed by atoms with Crippen LogP contribution in [0.5, 0.6) is 0 Å². The minimum Gasteiger partial charge on any atom is -0.380 e. The number of hydrogen-bond donors (Lipinski definition) is 1. The van der Waals surface area contributed by atoms with Gasteiger partial charge in [-0.05, 0) is 25.5 Å². The van der Waals surface area contributed by atoms with E-state index in [4.69, 9.17) is 0 Å². The molecule has 0 aliphatic carbocycles. The summed E-state index contributed by atoms with van der Waals surface area (Å²) in [4.78, 5) is 4.62. The number of pyridine rings is 1. The number of aryl methyl sites for hydroxylation is 3. The van der Waals surface area contributed by atoms with Crippen molar-refractivity contribution in [3.63, 3.8) is 0 Å². The van der Waals surface area contributed by atoms with Crippen molar-refractivity contribution >= 4 is 16.6 Å². The zero-order chi connectivity index (χ0) is 15.8. The standard InChI is InChI=1S/C18H21N5/c1-3-17-21-22-18-9-8-13(11-23(17)18)20-16-10-12(2)19-15-7-5-4-6-14(15)16/h4-7,10,13H,3,8-9,11H2,1-2H3,(H,19,20). The van der Waals surface area contributed by atoms with E-state index in [9.17, 15) is 0 Å². The number of rotatable bonds is 3. The van der Waals surface area contributed by atoms with Gasteiger partial charge in [-0.25, -0.2) is 0 Å². The number of fused-ring (bicyclic) bond motifs is 2. The second-order valence-corrected chi connectivity index (χ2v) is 6.20. The van der Waals surface area contributed by atoms with Gasteiger partial charge in [-0.15, -0.1) is 10.2 Å². The summed E-state index contributed by atoms with van der Waals surface area (Å²) in [6.07, 6.45) is 2.99. The Hall–Kier alpha value is -2.43. The highest BCUT2D eigenvalue weighted by Gasteiger charge is 2.22. The lowest BCUT2D eigenvalue weighted by molar-refractivity contribution is 0.466. The van der Waals surface area contributed by atoms with Gasteiger partial charge >= 0.3 is 0 Å². The smallest absolute Gasteiger partial charge is 0.133 e. The van der Waals surface area contributed by atoms with Gasteiger partial charge in [0.2, 0.25) is 0 Å². The number of para-hydroxylation sites is 1. The van der Waals surface area contributed by atoms with Crippen molar-refractivity contribution in [3.05, 3.63) is 47.7 Å². The van der Waals surface area contributed by atoms with E-state index in [1.165, 1.54) is 11.1 Å². The molecule has 5 heteroatoms. The molecule has 4 rings (SSSR count). The minimum atomic E-state index is 0.397. The Morgan fingerprint density at radius 1 is 1.26 bits per heavy atom. The molecule has 3 heterocycles. The van der Waals surface area contributed by atoms with Crippen LogP contribution in [0.25, 0.3) is 10.9 Å². The highest BCUT2D eigenvalue weighted by Crippen LogP contribution is 2.26. The SMILES string of the molecule is CCc1nnc2n1CC(Nc1cc(C)nc3ccccc13)CC2. The van der Waals surface area contributed by atoms with Crippen molar-refractivity contribution in [2.24, 2.45) is 0 Å². The molecular weight excluding hydrogens is 286 g/mol. The van der Waals surface area contributed by atoms with Gasteiger partial charge in [-0.1, -0.05) is 25.1 Å². The molecule has 5 nitrogen and oxygen atoms in total. The molecule has 0 amide bonds. The van der Waals surface area contributed by atoms with E-state index in [1.54, 1.807) is 0 Å². The molecule has 118 valence electrons. The maximum Gasteiger partial charge on any atom is 0.133 e. The highest BCUT2D eigenvalue weighted by molar-refractivity contribution is 5.91. The summed E-state index contributed by atoms with van der Waals surface area (Å²) in [6.45, 7) is 5.11. The van der Waals surface area contributed by atoms with Gasteiger partial charge in [0.15, 0.2) is 0 Å². The van der Waals surface area contributed by atoms with Crippen LogP contribution < -0.4 is 5.32 Å². The highest BCUT2D eigenvalue weighted by atomic mass is 15.3. The van der Waals surface area contributed by atoms with Crippen molar-refractivity contribution in [2.75, 3.05) is 5.32 Å². The van der Waals surface area contributed by atoms with E-state index < -0.39 is 0 Å². The Morgan fingerprint density at radius 3 is 3.00 bits per heavy atom. The molecule has 1 N–H and O–H groups in total. The number of benzene rings is 1. The molecule has 0 saturated heterocycles. The summed E-state index contributed by atoms with van der Waals surface area (Å²) >= 11 is 0. The van der Waals surface area contributed by atoms with E-state index in [0.29, 0.717) is 6.04 Å². The number of aromatic nitrogens is 4. The van der Waals surface area contributed by atoms with Gasteiger partial charge in [-0.2, -0.15) is 0 Å². The van der Waals surface area contributed by atoms with E-state index in [2.05, 4.69) is 56.3 Å². The number of nitrogens with zero attached hydrogens (tertiary/aromatic N) is 4. The summed E-state index contributed by atoms with van der Waals surface area (Å²) in [5.41, 5.74) is 3.26. The fraction of sp³-hybridized carbons (Fsp3) is 0.389. The quantitative estimate of drug-likeness (QED) is 0.808. The van der Waals surface area contributed by atoms with Crippen LogP contribution in [0, 0.1) is 6.92 Å². The molecule has 3 aromatic rings. The molecule has 0 radical (unpaired) electrons. The molecule has 1 aromatic carbocycles. The third kappa shape index (κ3) is 2.56. The molecule has 1 unspecified atom stereocenters. The van der Waals surface area contributed by atoms with Crippen LogP contribution in [0.4, 0.5) is 5.69 Å². The molecule has 2 aromatic heterocycles. The van der Waals surface area contributed by atoms with Crippen LogP contribution in [-0.4, -0.2) is 25.8 Å². The van der Waals surface area contributed by atoms with E-state index in [-0.39, 0.29) is 0 Å². The first-order valence-corrected chi connectivity index (χ1v) is 8.28. The molecule has 0 fully saturated rings. The average Bonchev–Trinajstić information content (AvgIpc) is 2.97. The summed E-state index contributed by atoms with van der Waals surface area (Å²) in [5, 5.41) is 13.5. The van der Waals surface area contributed by atoms with Crippen LogP contribution in [0.2, 0.25) is 0 Å². The predicted molar refractivity (Wildman–Crippen MR) is 91.6 cm³/mol. The summed E-state index contributed by atoms with van der Waals surface area (Å²) in [6, 6.07) is 10.9. The molecular formula is C18H21N5. The van der Waals surface area contributed by atoms with Crippen LogP contribution in [-0.2, 0) is 19.4 Å². The van der Waals surface area contributed by atoms with Crippen LogP contribution >= 0.6 is 0 Å². The van der Waals surface area contributed by atoms with Gasteiger partial charge in [-0.3, -0.25) is 4.98 Å². The molecule has 1 aliphatic rings. The summed E-state index contributed by atoms with van der Waals surface area (Å²) in [5.74, 6) is 2.21. The van der Waals surface area contributed by atoms with Crippen molar-refractivity contribution < 1.29 is 0 Å². The van der Waals surface area contributed by atoms with Gasteiger partial charge < -0.3 is 9.88 Å². The molecule has 0 spiro atoms. The molecule has 1 aliphatic heterocycles. The third-order valence-electron chi connectivity index (χ3n) is 4.54. The van der Waals surface area contributed by atoms with Crippen molar-refractivity contribution in [1.82, 2.24) is 19.7 Å². The zero-order valence-electron chi connectivity index (χ0n) is 13.6. The van der Waals surface area contributed by atoms with Crippen molar-refractivity contribution in [3.8, 4) is 0 Å². The second kappa shape index (κ2) is 5.65. The molecule has 1 atom stereocenters. The van der Waals surface area contributed by atoms with Crippen LogP contribution in [0.1, 0.15) is 30.7 Å². The maximum absolute atomic E-state index is 4.62. The van der Waals surface area contributed by atoms with Crippen molar-refractivity contribution in [1.29, 1.82) is 0 Å². The molecule has 0 bridgehead atoms. The normalized spacial score (nSPS) is 17.2. The predicted octanol–water partition coefficient (Wildman–Crippen LogP) is 3.12. The minimum absolute atomic E-state index is 0.397. The maximum atomic E-state index is 4.62. The fourth-order valence-electron chi connectivity index (χ4n) is 3.41. The van der Waals surface area contributed by atoms with Crippen LogP contribution in [0.3, 0.4) is 0 Å². The van der Waals surface area contributed by atoms with Gasteiger partial charge in [0.05, 0.1) is 5.52 Å². The Morgan fingerprint density at radius 2 is 2.13 bits per heavy atom. The zero-order valence-corrected chi connectivity index (χ0v) is 13.6. The van der Waals surface area contributed by atoms with E-state index in [1.807, 2.05) is 13.0 Å². The van der Waals surface area contributed by atoms with E-state index in [0.717, 1.165) is 48.7 Å². The first-order valence-electron chi connectivity index (χ1n) is 8.28. The van der Waals surface area contributed by atoms with Crippen LogP contribution in [0.15, 0.2) is 30.3 Å². The number of hydrogen-bond acceptors (Lipinski definition) is 4. The summed E-state index contributed by atoms with van der Waals surface area (Å²) in [7, 11) is 0. The second-order valence-electron chi connectivity index (χ2n) is 6.20. The van der Waals surface area contributed by atoms with Crippen molar-refractivity contribution in [2.45, 2.75) is 45.7 Å². The number of anilines is 1. The topological polar surface area (TPSA) is 55.6 Å². The number of nitrogens with one attached hydrogen (secondary N) is 1. The Bertz CT molecular complexity index is 838. The third-order valence-corrected chi connectivity index (χ3v) is 4.54. The summed E-state index contributed by atoms with van der Waals surface area (Å²) < 4.78 is 2.28. The van der Waals surface area contributed by atoms with Gasteiger partial charge in [0.25, 0.3) is 0 Å². The Labute approximate surface area is 135 Å². The Kier molecular flexibility index (Phi) is 3.48. The Balaban J connectivity index is 1.64. The lowest BCUT2D eigenvalue weighted by Crippen LogP contribution is -2.32. The average molecular weight is 307 g/mol. The lowest BCUT2D eigenvalue weighted by atomic mass is 10.1. The monoisotopic (exact) mass is 307 g/mol. The van der Waals surface area contributed by atoms with Gasteiger partial charge in [0, 0.05) is 42.2 Å². The molecule has 23 heavy (non-hydrogen) atoms.